The number of carboxylic acid groups (broad SMARTS) is 1. The van der Waals surface area contributed by atoms with E-state index in [1.54, 1.807) is 20.8 Å². The van der Waals surface area contributed by atoms with Crippen molar-refractivity contribution < 1.29 is 24.6 Å². The summed E-state index contributed by atoms with van der Waals surface area (Å²) in [7, 11) is 0. The summed E-state index contributed by atoms with van der Waals surface area (Å²) in [4.78, 5) is 33.1. The first-order valence-electron chi connectivity index (χ1n) is 5.34. The highest BCUT2D eigenvalue weighted by Gasteiger charge is 2.19. The molecule has 0 fully saturated rings. The van der Waals surface area contributed by atoms with Crippen LogP contribution in [0, 0.1) is 0 Å². The van der Waals surface area contributed by atoms with Crippen LogP contribution in [0.1, 0.15) is 20.8 Å². The zero-order chi connectivity index (χ0) is 14.3. The summed E-state index contributed by atoms with van der Waals surface area (Å²) in [6.07, 6.45) is 0. The average Bonchev–Trinajstić information content (AvgIpc) is 2.20. The lowest BCUT2D eigenvalue weighted by Crippen LogP contribution is -2.51. The fraction of sp³-hybridized carbons (Fsp3) is 0.700. The van der Waals surface area contributed by atoms with E-state index in [-0.39, 0.29) is 6.54 Å². The standard InChI is InChI=1S/C10H19N3O5/c1-10(2,3)13-7(15)4-11-9(18)12-6(5-14)8(16)17/h6,14H,4-5H2,1-3H3,(H,13,15)(H,16,17)(H2,11,12,18). The van der Waals surface area contributed by atoms with E-state index in [0.29, 0.717) is 0 Å². The first kappa shape index (κ1) is 16.2. The molecule has 1 unspecified atom stereocenters. The molecule has 0 aliphatic rings. The maximum absolute atomic E-state index is 11.3. The second-order valence-electron chi connectivity index (χ2n) is 4.70. The molecule has 0 radical (unpaired) electrons. The van der Waals surface area contributed by atoms with Crippen molar-refractivity contribution in [3.05, 3.63) is 0 Å². The SMILES string of the molecule is CC(C)(C)NC(=O)CNC(=O)NC(CO)C(=O)O. The number of carbonyl (C=O) groups is 3. The Kier molecular flexibility index (Phi) is 6.11. The monoisotopic (exact) mass is 261 g/mol. The Hall–Kier alpha value is -1.83. The van der Waals surface area contributed by atoms with Crippen molar-refractivity contribution in [2.24, 2.45) is 0 Å². The lowest BCUT2D eigenvalue weighted by molar-refractivity contribution is -0.140. The Labute approximate surface area is 105 Å². The van der Waals surface area contributed by atoms with E-state index in [2.05, 4.69) is 10.6 Å². The first-order chi connectivity index (χ1) is 8.15. The zero-order valence-electron chi connectivity index (χ0n) is 10.6. The molecule has 8 heteroatoms. The van der Waals surface area contributed by atoms with Crippen molar-refractivity contribution in [1.82, 2.24) is 16.0 Å². The molecule has 0 aromatic heterocycles. The van der Waals surface area contributed by atoms with Gasteiger partial charge in [-0.3, -0.25) is 4.79 Å². The second kappa shape index (κ2) is 6.80. The van der Waals surface area contributed by atoms with Gasteiger partial charge in [0.05, 0.1) is 13.2 Å². The molecular weight excluding hydrogens is 242 g/mol. The van der Waals surface area contributed by atoms with Crippen LogP contribution in [0.15, 0.2) is 0 Å². The molecule has 8 nitrogen and oxygen atoms in total. The summed E-state index contributed by atoms with van der Waals surface area (Å²) >= 11 is 0. The van der Waals surface area contributed by atoms with Crippen LogP contribution in [0.3, 0.4) is 0 Å². The summed E-state index contributed by atoms with van der Waals surface area (Å²) in [6, 6.07) is -2.23. The van der Waals surface area contributed by atoms with E-state index < -0.39 is 36.1 Å². The van der Waals surface area contributed by atoms with Gasteiger partial charge in [0.2, 0.25) is 5.91 Å². The molecule has 0 aromatic carbocycles. The summed E-state index contributed by atoms with van der Waals surface area (Å²) in [6.45, 7) is 4.36. The van der Waals surface area contributed by atoms with Crippen LogP contribution in [0.2, 0.25) is 0 Å². The molecule has 0 rings (SSSR count). The summed E-state index contributed by atoms with van der Waals surface area (Å²) in [5.41, 5.74) is -0.413. The molecule has 18 heavy (non-hydrogen) atoms. The van der Waals surface area contributed by atoms with Crippen LogP contribution < -0.4 is 16.0 Å². The number of urea groups is 1. The molecule has 0 heterocycles. The highest BCUT2D eigenvalue weighted by Crippen LogP contribution is 1.97. The number of rotatable bonds is 5. The lowest BCUT2D eigenvalue weighted by Gasteiger charge is -2.20. The molecule has 0 aliphatic heterocycles. The van der Waals surface area contributed by atoms with E-state index in [0.717, 1.165) is 0 Å². The van der Waals surface area contributed by atoms with E-state index in [1.165, 1.54) is 0 Å². The Morgan fingerprint density at radius 1 is 1.22 bits per heavy atom. The van der Waals surface area contributed by atoms with Gasteiger partial charge in [-0.15, -0.1) is 0 Å². The third-order valence-corrected chi connectivity index (χ3v) is 1.71. The van der Waals surface area contributed by atoms with Gasteiger partial charge in [-0.1, -0.05) is 0 Å². The lowest BCUT2D eigenvalue weighted by atomic mass is 10.1. The number of aliphatic hydroxyl groups is 1. The van der Waals surface area contributed by atoms with Crippen LogP contribution in [-0.4, -0.2) is 52.9 Å². The van der Waals surface area contributed by atoms with Crippen molar-refractivity contribution in [2.75, 3.05) is 13.2 Å². The molecule has 104 valence electrons. The van der Waals surface area contributed by atoms with Crippen LogP contribution in [-0.2, 0) is 9.59 Å². The van der Waals surface area contributed by atoms with E-state index in [9.17, 15) is 14.4 Å². The van der Waals surface area contributed by atoms with Crippen molar-refractivity contribution in [3.63, 3.8) is 0 Å². The highest BCUT2D eigenvalue weighted by atomic mass is 16.4. The minimum Gasteiger partial charge on any atom is -0.480 e. The Balaban J connectivity index is 4.04. The average molecular weight is 261 g/mol. The maximum atomic E-state index is 11.3. The van der Waals surface area contributed by atoms with Gasteiger partial charge in [-0.05, 0) is 20.8 Å². The number of carbonyl (C=O) groups excluding carboxylic acids is 2. The molecule has 0 spiro atoms. The quantitative estimate of drug-likeness (QED) is 0.418. The van der Waals surface area contributed by atoms with E-state index in [1.807, 2.05) is 5.32 Å². The predicted molar refractivity (Wildman–Crippen MR) is 62.9 cm³/mol. The first-order valence-corrected chi connectivity index (χ1v) is 5.34. The van der Waals surface area contributed by atoms with Crippen molar-refractivity contribution in [2.45, 2.75) is 32.4 Å². The topological polar surface area (TPSA) is 128 Å². The van der Waals surface area contributed by atoms with Crippen LogP contribution in [0.4, 0.5) is 4.79 Å². The number of amides is 3. The van der Waals surface area contributed by atoms with Gasteiger partial charge in [-0.25, -0.2) is 9.59 Å². The Morgan fingerprint density at radius 2 is 1.78 bits per heavy atom. The third-order valence-electron chi connectivity index (χ3n) is 1.71. The predicted octanol–water partition coefficient (Wildman–Crippen LogP) is -1.35. The number of carboxylic acids is 1. The molecule has 0 aromatic rings. The second-order valence-corrected chi connectivity index (χ2v) is 4.70. The molecule has 0 saturated carbocycles. The Bertz CT molecular complexity index is 324. The molecule has 3 amide bonds. The van der Waals surface area contributed by atoms with Crippen LogP contribution in [0.5, 0.6) is 0 Å². The summed E-state index contributed by atoms with van der Waals surface area (Å²) in [5.74, 6) is -1.75. The summed E-state index contributed by atoms with van der Waals surface area (Å²) < 4.78 is 0. The van der Waals surface area contributed by atoms with Crippen molar-refractivity contribution in [1.29, 1.82) is 0 Å². The number of nitrogens with one attached hydrogen (secondary N) is 3. The largest absolute Gasteiger partial charge is 0.480 e. The zero-order valence-corrected chi connectivity index (χ0v) is 10.6. The van der Waals surface area contributed by atoms with Crippen LogP contribution >= 0.6 is 0 Å². The molecule has 1 atom stereocenters. The van der Waals surface area contributed by atoms with Gasteiger partial charge in [0.15, 0.2) is 6.04 Å². The minimum absolute atomic E-state index is 0.277. The van der Waals surface area contributed by atoms with Crippen molar-refractivity contribution in [3.8, 4) is 0 Å². The molecule has 0 bridgehead atoms. The Morgan fingerprint density at radius 3 is 2.17 bits per heavy atom. The van der Waals surface area contributed by atoms with Gasteiger partial charge >= 0.3 is 12.0 Å². The number of aliphatic hydroxyl groups excluding tert-OH is 1. The number of aliphatic carboxylic acids is 1. The highest BCUT2D eigenvalue weighted by molar-refractivity contribution is 5.86. The molecule has 0 saturated heterocycles. The molecule has 0 aliphatic carbocycles. The van der Waals surface area contributed by atoms with Gasteiger partial charge in [-0.2, -0.15) is 0 Å². The van der Waals surface area contributed by atoms with Gasteiger partial charge in [0.25, 0.3) is 0 Å². The normalized spacial score (nSPS) is 12.4. The maximum Gasteiger partial charge on any atom is 0.328 e. The van der Waals surface area contributed by atoms with Gasteiger partial charge in [0, 0.05) is 5.54 Å². The minimum atomic E-state index is -1.39. The molecule has 5 N–H and O–H groups in total. The summed E-state index contributed by atoms with van der Waals surface area (Å²) in [5, 5.41) is 24.1. The van der Waals surface area contributed by atoms with Gasteiger partial charge < -0.3 is 26.2 Å². The fourth-order valence-corrected chi connectivity index (χ4v) is 1.02. The van der Waals surface area contributed by atoms with Crippen molar-refractivity contribution >= 4 is 17.9 Å². The fourth-order valence-electron chi connectivity index (χ4n) is 1.02. The van der Waals surface area contributed by atoms with Crippen LogP contribution in [0.25, 0.3) is 0 Å². The number of hydrogen-bond donors (Lipinski definition) is 5. The smallest absolute Gasteiger partial charge is 0.328 e. The molecular formula is C10H19N3O5. The number of hydrogen-bond acceptors (Lipinski definition) is 4. The van der Waals surface area contributed by atoms with E-state index in [4.69, 9.17) is 10.2 Å². The third kappa shape index (κ3) is 7.44. The van der Waals surface area contributed by atoms with Gasteiger partial charge in [0.1, 0.15) is 0 Å². The van der Waals surface area contributed by atoms with E-state index >= 15 is 0 Å².